The van der Waals surface area contributed by atoms with Crippen LogP contribution in [0.4, 0.5) is 17.1 Å². The lowest BCUT2D eigenvalue weighted by Crippen LogP contribution is -2.06. The molecule has 6 heteroatoms. The number of aliphatic hydroxyl groups is 1. The van der Waals surface area contributed by atoms with E-state index in [4.69, 9.17) is 4.74 Å². The lowest BCUT2D eigenvalue weighted by Gasteiger charge is -2.14. The number of rotatable bonds is 8. The minimum Gasteiger partial charge on any atom is -0.495 e. The van der Waals surface area contributed by atoms with Crippen molar-refractivity contribution in [3.63, 3.8) is 0 Å². The Morgan fingerprint density at radius 1 is 1.07 bits per heavy atom. The number of anilines is 3. The average Bonchev–Trinajstić information content (AvgIpc) is 3.18. The first-order chi connectivity index (χ1) is 14.3. The van der Waals surface area contributed by atoms with Crippen molar-refractivity contribution in [3.8, 4) is 5.75 Å². The highest BCUT2D eigenvalue weighted by molar-refractivity contribution is 5.83. The number of aliphatic hydroxyl groups excluding tert-OH is 1. The van der Waals surface area contributed by atoms with Crippen LogP contribution in [0.3, 0.4) is 0 Å². The number of fused-ring (bicyclic) bond motifs is 1. The van der Waals surface area contributed by atoms with Crippen molar-refractivity contribution < 1.29 is 9.84 Å². The molecule has 0 radical (unpaired) electrons. The molecule has 6 nitrogen and oxygen atoms in total. The Balaban J connectivity index is 1.42. The molecule has 148 valence electrons. The molecule has 4 rings (SSSR count). The van der Waals surface area contributed by atoms with Gasteiger partial charge in [0.15, 0.2) is 0 Å². The third-order valence-corrected chi connectivity index (χ3v) is 4.85. The highest BCUT2D eigenvalue weighted by Crippen LogP contribution is 2.30. The summed E-state index contributed by atoms with van der Waals surface area (Å²) in [5.74, 6) is 0.769. The summed E-state index contributed by atoms with van der Waals surface area (Å²) in [6, 6.07) is 18.0. The Hall–Kier alpha value is -3.51. The van der Waals surface area contributed by atoms with Crippen molar-refractivity contribution >= 4 is 28.0 Å². The number of pyridine rings is 1. The summed E-state index contributed by atoms with van der Waals surface area (Å²) in [5.41, 5.74) is 5.80. The molecule has 4 N–H and O–H groups in total. The second kappa shape index (κ2) is 8.67. The predicted octanol–water partition coefficient (Wildman–Crippen LogP) is 4.46. The maximum absolute atomic E-state index is 9.24. The Labute approximate surface area is 169 Å². The lowest BCUT2D eigenvalue weighted by molar-refractivity contribution is 0.277. The zero-order valence-corrected chi connectivity index (χ0v) is 16.3. The van der Waals surface area contributed by atoms with Gasteiger partial charge in [0.1, 0.15) is 5.75 Å². The molecule has 2 heterocycles. The number of ether oxygens (including phenoxy) is 1. The molecular formula is C23H24N4O2. The van der Waals surface area contributed by atoms with E-state index in [1.807, 2.05) is 36.4 Å². The van der Waals surface area contributed by atoms with Crippen LogP contribution in [0.25, 0.3) is 10.9 Å². The van der Waals surface area contributed by atoms with E-state index in [9.17, 15) is 5.11 Å². The summed E-state index contributed by atoms with van der Waals surface area (Å²) in [6.45, 7) is 0.716. The number of benzene rings is 2. The predicted molar refractivity (Wildman–Crippen MR) is 117 cm³/mol. The van der Waals surface area contributed by atoms with Gasteiger partial charge in [-0.2, -0.15) is 0 Å². The number of aromatic amines is 1. The van der Waals surface area contributed by atoms with Crippen LogP contribution >= 0.6 is 0 Å². The van der Waals surface area contributed by atoms with E-state index in [0.717, 1.165) is 41.3 Å². The molecule has 0 spiro atoms. The number of hydrogen-bond acceptors (Lipinski definition) is 5. The quantitative estimate of drug-likeness (QED) is 0.358. The Morgan fingerprint density at radius 2 is 1.93 bits per heavy atom. The minimum absolute atomic E-state index is 0.0852. The normalized spacial score (nSPS) is 10.8. The summed E-state index contributed by atoms with van der Waals surface area (Å²) in [6.07, 6.45) is 4.66. The van der Waals surface area contributed by atoms with Crippen LogP contribution in [0.5, 0.6) is 5.75 Å². The summed E-state index contributed by atoms with van der Waals surface area (Å²) >= 11 is 0. The molecule has 0 saturated heterocycles. The van der Waals surface area contributed by atoms with Crippen molar-refractivity contribution in [1.29, 1.82) is 0 Å². The third kappa shape index (κ3) is 4.33. The van der Waals surface area contributed by atoms with E-state index in [0.29, 0.717) is 5.69 Å². The fourth-order valence-electron chi connectivity index (χ4n) is 3.39. The number of nitrogens with zero attached hydrogens (tertiary/aromatic N) is 1. The molecule has 0 fully saturated rings. The maximum Gasteiger partial charge on any atom is 0.144 e. The maximum atomic E-state index is 9.24. The molecule has 0 unspecified atom stereocenters. The molecule has 0 saturated carbocycles. The summed E-state index contributed by atoms with van der Waals surface area (Å²) in [4.78, 5) is 7.41. The SMILES string of the molecule is COc1cc(Nc2ccnc(CO)c2)ccc1NCCc1c[nH]c2ccccc12. The molecule has 0 bridgehead atoms. The van der Waals surface area contributed by atoms with Crippen LogP contribution in [-0.2, 0) is 13.0 Å². The Bertz CT molecular complexity index is 1110. The second-order valence-electron chi connectivity index (χ2n) is 6.77. The second-order valence-corrected chi connectivity index (χ2v) is 6.77. The van der Waals surface area contributed by atoms with Gasteiger partial charge in [-0.1, -0.05) is 18.2 Å². The fraction of sp³-hybridized carbons (Fsp3) is 0.174. The number of H-pyrrole nitrogens is 1. The van der Waals surface area contributed by atoms with Gasteiger partial charge < -0.3 is 25.5 Å². The van der Waals surface area contributed by atoms with Crippen molar-refractivity contribution in [2.45, 2.75) is 13.0 Å². The van der Waals surface area contributed by atoms with Gasteiger partial charge in [0.05, 0.1) is 25.1 Å². The van der Waals surface area contributed by atoms with Crippen LogP contribution in [0.1, 0.15) is 11.3 Å². The van der Waals surface area contributed by atoms with Gasteiger partial charge >= 0.3 is 0 Å². The highest BCUT2D eigenvalue weighted by atomic mass is 16.5. The molecule has 0 atom stereocenters. The summed E-state index contributed by atoms with van der Waals surface area (Å²) < 4.78 is 5.57. The van der Waals surface area contributed by atoms with Gasteiger partial charge in [0.25, 0.3) is 0 Å². The van der Waals surface area contributed by atoms with Crippen LogP contribution in [0.2, 0.25) is 0 Å². The van der Waals surface area contributed by atoms with Crippen molar-refractivity contribution in [2.75, 3.05) is 24.3 Å². The Kier molecular flexibility index (Phi) is 5.63. The van der Waals surface area contributed by atoms with E-state index < -0.39 is 0 Å². The fourth-order valence-corrected chi connectivity index (χ4v) is 3.39. The van der Waals surface area contributed by atoms with E-state index in [1.54, 1.807) is 13.3 Å². The number of para-hydroxylation sites is 1. The topological polar surface area (TPSA) is 82.2 Å². The Morgan fingerprint density at radius 3 is 2.79 bits per heavy atom. The number of hydrogen-bond donors (Lipinski definition) is 4. The molecule has 29 heavy (non-hydrogen) atoms. The van der Waals surface area contributed by atoms with Crippen molar-refractivity contribution in [3.05, 3.63) is 78.2 Å². The molecular weight excluding hydrogens is 364 g/mol. The van der Waals surface area contributed by atoms with Gasteiger partial charge in [-0.05, 0) is 42.3 Å². The molecule has 0 amide bonds. The van der Waals surface area contributed by atoms with E-state index in [-0.39, 0.29) is 6.61 Å². The first-order valence-electron chi connectivity index (χ1n) is 9.56. The molecule has 0 aliphatic carbocycles. The third-order valence-electron chi connectivity index (χ3n) is 4.85. The van der Waals surface area contributed by atoms with E-state index in [1.165, 1.54) is 10.9 Å². The molecule has 2 aromatic heterocycles. The minimum atomic E-state index is -0.0852. The first kappa shape index (κ1) is 18.8. The van der Waals surface area contributed by atoms with Gasteiger partial charge in [0, 0.05) is 47.3 Å². The smallest absolute Gasteiger partial charge is 0.144 e. The first-order valence-corrected chi connectivity index (χ1v) is 9.56. The van der Waals surface area contributed by atoms with Crippen LogP contribution in [-0.4, -0.2) is 28.7 Å². The summed E-state index contributed by atoms with van der Waals surface area (Å²) in [7, 11) is 1.67. The zero-order chi connectivity index (χ0) is 20.1. The van der Waals surface area contributed by atoms with Gasteiger partial charge in [-0.3, -0.25) is 4.98 Å². The van der Waals surface area contributed by atoms with E-state index >= 15 is 0 Å². The standard InChI is InChI=1S/C23H24N4O2/c1-29-23-13-17(27-18-9-11-24-19(12-18)15-28)6-7-22(23)25-10-8-16-14-26-21-5-3-2-4-20(16)21/h2-7,9,11-14,25-26,28H,8,10,15H2,1H3,(H,24,27). The molecule has 2 aromatic carbocycles. The van der Waals surface area contributed by atoms with Crippen LogP contribution in [0.15, 0.2) is 67.0 Å². The molecule has 4 aromatic rings. The number of nitrogens with one attached hydrogen (secondary N) is 3. The van der Waals surface area contributed by atoms with Gasteiger partial charge in [-0.15, -0.1) is 0 Å². The largest absolute Gasteiger partial charge is 0.495 e. The van der Waals surface area contributed by atoms with Crippen LogP contribution < -0.4 is 15.4 Å². The highest BCUT2D eigenvalue weighted by Gasteiger charge is 2.07. The molecule has 0 aliphatic rings. The average molecular weight is 388 g/mol. The van der Waals surface area contributed by atoms with Crippen molar-refractivity contribution in [1.82, 2.24) is 9.97 Å². The zero-order valence-electron chi connectivity index (χ0n) is 16.3. The lowest BCUT2D eigenvalue weighted by atomic mass is 10.1. The molecule has 0 aliphatic heterocycles. The van der Waals surface area contributed by atoms with Crippen LogP contribution in [0, 0.1) is 0 Å². The van der Waals surface area contributed by atoms with Crippen molar-refractivity contribution in [2.24, 2.45) is 0 Å². The number of aromatic nitrogens is 2. The monoisotopic (exact) mass is 388 g/mol. The van der Waals surface area contributed by atoms with E-state index in [2.05, 4.69) is 45.0 Å². The van der Waals surface area contributed by atoms with Gasteiger partial charge in [0.2, 0.25) is 0 Å². The van der Waals surface area contributed by atoms with Gasteiger partial charge in [-0.25, -0.2) is 0 Å². The summed E-state index contributed by atoms with van der Waals surface area (Å²) in [5, 5.41) is 17.3. The number of methoxy groups -OCH3 is 1.